The molecule has 2 aromatic heterocycles. The van der Waals surface area contributed by atoms with Crippen molar-refractivity contribution >= 4 is 36.0 Å². The molecule has 0 unspecified atom stereocenters. The van der Waals surface area contributed by atoms with Gasteiger partial charge in [0, 0.05) is 0 Å². The molecule has 0 amide bonds. The molecular weight excluding hydrogens is 445 g/mol. The van der Waals surface area contributed by atoms with E-state index in [9.17, 15) is 0 Å². The van der Waals surface area contributed by atoms with E-state index in [4.69, 9.17) is 4.98 Å². The number of benzene rings is 1. The summed E-state index contributed by atoms with van der Waals surface area (Å²) >= 11 is 1.19. The summed E-state index contributed by atoms with van der Waals surface area (Å²) in [7, 11) is 4.24. The van der Waals surface area contributed by atoms with Crippen molar-refractivity contribution < 1.29 is 2.51 Å². The molecule has 0 spiro atoms. The molecule has 0 aliphatic rings. The Balaban J connectivity index is 2.33. The fourth-order valence-corrected chi connectivity index (χ4v) is 4.21. The molecule has 5 heteroatoms. The van der Waals surface area contributed by atoms with E-state index in [1.165, 1.54) is 47.6 Å². The molecule has 0 N–H and O–H groups in total. The van der Waals surface area contributed by atoms with Crippen LogP contribution in [0.1, 0.15) is 18.2 Å². The van der Waals surface area contributed by atoms with Crippen molar-refractivity contribution in [1.29, 1.82) is 0 Å². The van der Waals surface area contributed by atoms with Gasteiger partial charge in [0.1, 0.15) is 0 Å². The van der Waals surface area contributed by atoms with Gasteiger partial charge < -0.3 is 0 Å². The van der Waals surface area contributed by atoms with E-state index >= 15 is 0 Å². The SMILES string of the molecule is CCc1c[n+]([Bi])c(-c2nc3cccc(C)c3n2C)n1C. The van der Waals surface area contributed by atoms with Gasteiger partial charge in [0.05, 0.1) is 0 Å². The van der Waals surface area contributed by atoms with Crippen LogP contribution in [0.2, 0.25) is 0 Å². The second-order valence-corrected chi connectivity index (χ2v) is 6.81. The van der Waals surface area contributed by atoms with Crippen LogP contribution in [0.25, 0.3) is 22.7 Å². The molecular formula is C15H18BiN4+. The summed E-state index contributed by atoms with van der Waals surface area (Å²) in [5, 5.41) is 0. The zero-order valence-electron chi connectivity index (χ0n) is 12.3. The number of aryl methyl sites for hydroxylation is 3. The van der Waals surface area contributed by atoms with Crippen molar-refractivity contribution in [2.45, 2.75) is 20.3 Å². The van der Waals surface area contributed by atoms with Crippen LogP contribution in [0.3, 0.4) is 0 Å². The quantitative estimate of drug-likeness (QED) is 0.532. The van der Waals surface area contributed by atoms with Gasteiger partial charge in [-0.15, -0.1) is 0 Å². The molecule has 1 aromatic carbocycles. The molecule has 0 aliphatic carbocycles. The third-order valence-electron chi connectivity index (χ3n) is 3.90. The maximum atomic E-state index is 4.85. The molecule has 3 rings (SSSR count). The van der Waals surface area contributed by atoms with E-state index in [0.717, 1.165) is 17.8 Å². The second-order valence-electron chi connectivity index (χ2n) is 5.14. The second kappa shape index (κ2) is 4.96. The van der Waals surface area contributed by atoms with Crippen molar-refractivity contribution in [2.75, 3.05) is 0 Å². The van der Waals surface area contributed by atoms with E-state index in [1.54, 1.807) is 0 Å². The minimum absolute atomic E-state index is 1.04. The van der Waals surface area contributed by atoms with Crippen LogP contribution in [-0.2, 0) is 20.5 Å². The summed E-state index contributed by atoms with van der Waals surface area (Å²) in [5.41, 5.74) is 4.90. The number of hydrogen-bond donors (Lipinski definition) is 0. The molecule has 2 radical (unpaired) electrons. The molecule has 0 saturated carbocycles. The Hall–Kier alpha value is -1.22. The Labute approximate surface area is 134 Å². The van der Waals surface area contributed by atoms with Crippen molar-refractivity contribution in [1.82, 2.24) is 14.1 Å². The number of imidazole rings is 2. The third-order valence-corrected chi connectivity index (χ3v) is 5.08. The Morgan fingerprint density at radius 2 is 2.00 bits per heavy atom. The number of hydrogen-bond acceptors (Lipinski definition) is 1. The molecule has 20 heavy (non-hydrogen) atoms. The van der Waals surface area contributed by atoms with E-state index in [0.29, 0.717) is 0 Å². The van der Waals surface area contributed by atoms with Gasteiger partial charge in [0.25, 0.3) is 0 Å². The van der Waals surface area contributed by atoms with Gasteiger partial charge >= 0.3 is 134 Å². The van der Waals surface area contributed by atoms with E-state index in [2.05, 4.69) is 64.0 Å². The zero-order valence-corrected chi connectivity index (χ0v) is 15.7. The molecule has 0 fully saturated rings. The van der Waals surface area contributed by atoms with Crippen LogP contribution in [0.15, 0.2) is 24.4 Å². The molecule has 0 atom stereocenters. The number of nitrogens with zero attached hydrogens (tertiary/aromatic N) is 4. The van der Waals surface area contributed by atoms with Gasteiger partial charge in [-0.2, -0.15) is 0 Å². The molecule has 3 aromatic rings. The predicted molar refractivity (Wildman–Crippen MR) is 80.6 cm³/mol. The van der Waals surface area contributed by atoms with E-state index in [1.807, 2.05) is 0 Å². The first-order valence-electron chi connectivity index (χ1n) is 6.76. The predicted octanol–water partition coefficient (Wildman–Crippen LogP) is 1.67. The summed E-state index contributed by atoms with van der Waals surface area (Å²) < 4.78 is 6.75. The zero-order chi connectivity index (χ0) is 14.4. The maximum absolute atomic E-state index is 4.85. The molecule has 2 heterocycles. The average molecular weight is 463 g/mol. The van der Waals surface area contributed by atoms with Gasteiger partial charge in [-0.05, 0) is 0 Å². The summed E-state index contributed by atoms with van der Waals surface area (Å²) in [6, 6.07) is 6.30. The number of rotatable bonds is 2. The van der Waals surface area contributed by atoms with Crippen LogP contribution in [-0.4, -0.2) is 39.1 Å². The number of aromatic nitrogens is 4. The van der Waals surface area contributed by atoms with Gasteiger partial charge in [-0.25, -0.2) is 0 Å². The minimum atomic E-state index is 1.04. The van der Waals surface area contributed by atoms with E-state index < -0.39 is 0 Å². The van der Waals surface area contributed by atoms with Crippen LogP contribution in [0.5, 0.6) is 0 Å². The van der Waals surface area contributed by atoms with Gasteiger partial charge in [0.15, 0.2) is 0 Å². The van der Waals surface area contributed by atoms with Crippen molar-refractivity contribution in [3.8, 4) is 11.6 Å². The number of fused-ring (bicyclic) bond motifs is 1. The van der Waals surface area contributed by atoms with Crippen LogP contribution in [0, 0.1) is 6.92 Å². The van der Waals surface area contributed by atoms with Crippen molar-refractivity contribution in [3.05, 3.63) is 35.7 Å². The molecule has 0 aliphatic heterocycles. The van der Waals surface area contributed by atoms with Crippen LogP contribution >= 0.6 is 0 Å². The summed E-state index contributed by atoms with van der Waals surface area (Å²) in [4.78, 5) is 4.85. The third kappa shape index (κ3) is 1.91. The fraction of sp³-hybridized carbons (Fsp3) is 0.333. The summed E-state index contributed by atoms with van der Waals surface area (Å²) in [6.45, 7) is 4.33. The van der Waals surface area contributed by atoms with Crippen molar-refractivity contribution in [2.24, 2.45) is 14.1 Å². The Morgan fingerprint density at radius 1 is 1.25 bits per heavy atom. The van der Waals surface area contributed by atoms with Crippen LogP contribution < -0.4 is 2.51 Å². The summed E-state index contributed by atoms with van der Waals surface area (Å²) in [5.74, 6) is 2.23. The Kier molecular flexibility index (Phi) is 3.41. The van der Waals surface area contributed by atoms with E-state index in [-0.39, 0.29) is 0 Å². The van der Waals surface area contributed by atoms with Gasteiger partial charge in [0.2, 0.25) is 0 Å². The van der Waals surface area contributed by atoms with Crippen LogP contribution in [0.4, 0.5) is 0 Å². The monoisotopic (exact) mass is 463 g/mol. The molecule has 0 saturated heterocycles. The molecule has 4 nitrogen and oxygen atoms in total. The first kappa shape index (κ1) is 13.8. The fourth-order valence-electron chi connectivity index (χ4n) is 2.82. The Bertz CT molecular complexity index is 798. The summed E-state index contributed by atoms with van der Waals surface area (Å²) in [6.07, 6.45) is 3.27. The molecule has 0 bridgehead atoms. The molecule has 102 valence electrons. The first-order valence-corrected chi connectivity index (χ1v) is 8.32. The Morgan fingerprint density at radius 3 is 2.60 bits per heavy atom. The standard InChI is InChI=1S/C15H18N4.Bi/c1-5-11-9-16-14(18(11)3)15-17-12-8-6-7-10(2)13(12)19(15)4;/h6-9H,5H2,1-4H3;/q;+1. The topological polar surface area (TPSA) is 26.6 Å². The van der Waals surface area contributed by atoms with Crippen molar-refractivity contribution in [3.63, 3.8) is 0 Å². The van der Waals surface area contributed by atoms with Gasteiger partial charge in [-0.3, -0.25) is 0 Å². The van der Waals surface area contributed by atoms with Gasteiger partial charge in [-0.1, -0.05) is 0 Å². The number of para-hydroxylation sites is 1. The normalized spacial score (nSPS) is 11.4. The first-order chi connectivity index (χ1) is 9.54. The average Bonchev–Trinajstić information content (AvgIpc) is 2.88.